The van der Waals surface area contributed by atoms with E-state index in [4.69, 9.17) is 23.8 Å². The van der Waals surface area contributed by atoms with E-state index in [0.717, 1.165) is 107 Å². The van der Waals surface area contributed by atoms with Crippen LogP contribution in [-0.4, -0.2) is 15.0 Å². The van der Waals surface area contributed by atoms with Crippen molar-refractivity contribution < 1.29 is 8.83 Å². The standard InChI is InChI=1S/C53H33N3O2/c1-2-11-32(12-3-1)34-21-24-35(25-22-34)51-54-52(41-18-10-15-38-29-48-44(31-43(38)41)40-16-6-8-19-46(40)57-48)56-53(55-51)45-28-39(37-26-23-33-13-4-5-14-36(33)27-37)30-49-50(45)42-17-7-9-20-47(42)58-49/h1-8,10-19,21-31H,9,20H2. The van der Waals surface area contributed by atoms with E-state index in [1.54, 1.807) is 0 Å². The molecule has 1 aliphatic rings. The molecule has 0 radical (unpaired) electrons. The molecule has 0 saturated heterocycles. The number of furan rings is 2. The minimum atomic E-state index is 0.592. The van der Waals surface area contributed by atoms with Gasteiger partial charge in [0.25, 0.3) is 0 Å². The number of benzene rings is 8. The first-order valence-corrected chi connectivity index (χ1v) is 19.7. The second-order valence-electron chi connectivity index (χ2n) is 15.1. The molecule has 0 unspecified atom stereocenters. The van der Waals surface area contributed by atoms with Crippen LogP contribution in [0.25, 0.3) is 117 Å². The van der Waals surface area contributed by atoms with Crippen molar-refractivity contribution in [3.05, 3.63) is 181 Å². The van der Waals surface area contributed by atoms with Gasteiger partial charge in [0, 0.05) is 44.8 Å². The minimum absolute atomic E-state index is 0.592. The highest BCUT2D eigenvalue weighted by Crippen LogP contribution is 2.42. The molecule has 0 N–H and O–H groups in total. The Morgan fingerprint density at radius 1 is 0.397 bits per heavy atom. The second kappa shape index (κ2) is 13.0. The lowest BCUT2D eigenvalue weighted by Crippen LogP contribution is -2.01. The van der Waals surface area contributed by atoms with E-state index in [2.05, 4.69) is 158 Å². The Bertz CT molecular complexity index is 3450. The predicted octanol–water partition coefficient (Wildman–Crippen LogP) is 14.1. The van der Waals surface area contributed by atoms with Gasteiger partial charge in [-0.05, 0) is 86.6 Å². The van der Waals surface area contributed by atoms with Crippen LogP contribution >= 0.6 is 0 Å². The Balaban J connectivity index is 1.12. The summed E-state index contributed by atoms with van der Waals surface area (Å²) in [4.78, 5) is 16.0. The number of allylic oxidation sites excluding steroid dienone is 1. The van der Waals surface area contributed by atoms with Crippen molar-refractivity contribution in [3.8, 4) is 56.4 Å². The fourth-order valence-electron chi connectivity index (χ4n) is 8.67. The summed E-state index contributed by atoms with van der Waals surface area (Å²) in [6.07, 6.45) is 6.21. The number of para-hydroxylation sites is 1. The molecular formula is C53H33N3O2. The van der Waals surface area contributed by atoms with Crippen molar-refractivity contribution in [1.29, 1.82) is 0 Å². The first-order valence-electron chi connectivity index (χ1n) is 19.7. The first-order chi connectivity index (χ1) is 28.7. The van der Waals surface area contributed by atoms with E-state index >= 15 is 0 Å². The molecule has 5 nitrogen and oxygen atoms in total. The Morgan fingerprint density at radius 2 is 1.12 bits per heavy atom. The summed E-state index contributed by atoms with van der Waals surface area (Å²) in [5.74, 6) is 2.78. The average molecular weight is 744 g/mol. The highest BCUT2D eigenvalue weighted by Gasteiger charge is 2.23. The number of fused-ring (bicyclic) bond motifs is 8. The van der Waals surface area contributed by atoms with E-state index in [1.165, 1.54) is 10.8 Å². The van der Waals surface area contributed by atoms with Crippen molar-refractivity contribution in [3.63, 3.8) is 0 Å². The van der Waals surface area contributed by atoms with Crippen LogP contribution in [0.4, 0.5) is 0 Å². The summed E-state index contributed by atoms with van der Waals surface area (Å²) >= 11 is 0. The van der Waals surface area contributed by atoms with Gasteiger partial charge in [0.15, 0.2) is 17.5 Å². The van der Waals surface area contributed by atoms with E-state index in [9.17, 15) is 0 Å². The monoisotopic (exact) mass is 743 g/mol. The lowest BCUT2D eigenvalue weighted by Gasteiger charge is -2.13. The molecular weight excluding hydrogens is 711 g/mol. The molecule has 0 fully saturated rings. The van der Waals surface area contributed by atoms with Crippen LogP contribution in [0.5, 0.6) is 0 Å². The third-order valence-electron chi connectivity index (χ3n) is 11.6. The average Bonchev–Trinajstić information content (AvgIpc) is 3.85. The second-order valence-corrected chi connectivity index (χ2v) is 15.1. The molecule has 0 bridgehead atoms. The zero-order valence-electron chi connectivity index (χ0n) is 31.3. The number of aryl methyl sites for hydroxylation is 1. The summed E-state index contributed by atoms with van der Waals surface area (Å²) in [5, 5.41) is 7.63. The van der Waals surface area contributed by atoms with Crippen molar-refractivity contribution in [1.82, 2.24) is 15.0 Å². The normalized spacial score (nSPS) is 12.6. The molecule has 0 aliphatic heterocycles. The van der Waals surface area contributed by atoms with Crippen LogP contribution in [0.2, 0.25) is 0 Å². The molecule has 58 heavy (non-hydrogen) atoms. The number of hydrogen-bond donors (Lipinski definition) is 0. The maximum Gasteiger partial charge on any atom is 0.164 e. The van der Waals surface area contributed by atoms with Gasteiger partial charge >= 0.3 is 0 Å². The fourth-order valence-corrected chi connectivity index (χ4v) is 8.67. The van der Waals surface area contributed by atoms with Crippen LogP contribution in [0.1, 0.15) is 17.7 Å². The molecule has 5 heteroatoms. The molecule has 272 valence electrons. The summed E-state index contributed by atoms with van der Waals surface area (Å²) in [7, 11) is 0. The zero-order valence-corrected chi connectivity index (χ0v) is 31.3. The maximum atomic E-state index is 6.68. The van der Waals surface area contributed by atoms with E-state index in [1.807, 2.05) is 18.2 Å². The Morgan fingerprint density at radius 3 is 2.02 bits per heavy atom. The summed E-state index contributed by atoms with van der Waals surface area (Å²) in [5.41, 5.74) is 10.8. The molecule has 1 aliphatic carbocycles. The molecule has 8 aromatic carbocycles. The summed E-state index contributed by atoms with van der Waals surface area (Å²) < 4.78 is 13.0. The lowest BCUT2D eigenvalue weighted by molar-refractivity contribution is 0.546. The lowest BCUT2D eigenvalue weighted by atomic mass is 9.94. The largest absolute Gasteiger partial charge is 0.460 e. The maximum absolute atomic E-state index is 6.68. The molecule has 12 rings (SSSR count). The molecule has 0 saturated carbocycles. The highest BCUT2D eigenvalue weighted by atomic mass is 16.3. The Hall–Kier alpha value is -7.63. The zero-order chi connectivity index (χ0) is 38.2. The SMILES string of the molecule is C1=Cc2c(oc3cc(-c4ccc5ccccc5c4)cc(-c4nc(-c5ccc(-c6ccccc6)cc5)nc(-c5cccc6cc7oc8ccccc8c7cc56)n4)c23)CC1. The molecule has 0 atom stereocenters. The smallest absolute Gasteiger partial charge is 0.164 e. The number of hydrogen-bond acceptors (Lipinski definition) is 5. The van der Waals surface area contributed by atoms with Gasteiger partial charge in [-0.1, -0.05) is 140 Å². The van der Waals surface area contributed by atoms with Gasteiger partial charge in [0.1, 0.15) is 22.5 Å². The Labute approximate surface area is 333 Å². The van der Waals surface area contributed by atoms with Gasteiger partial charge in [-0.3, -0.25) is 0 Å². The van der Waals surface area contributed by atoms with Gasteiger partial charge in [0.2, 0.25) is 0 Å². The van der Waals surface area contributed by atoms with E-state index < -0.39 is 0 Å². The van der Waals surface area contributed by atoms with Crippen LogP contribution < -0.4 is 0 Å². The molecule has 0 amide bonds. The van der Waals surface area contributed by atoms with Crippen molar-refractivity contribution in [2.75, 3.05) is 0 Å². The van der Waals surface area contributed by atoms with E-state index in [0.29, 0.717) is 17.5 Å². The molecule has 0 spiro atoms. The van der Waals surface area contributed by atoms with Crippen molar-refractivity contribution >= 4 is 60.5 Å². The van der Waals surface area contributed by atoms with Gasteiger partial charge < -0.3 is 8.83 Å². The first kappa shape index (κ1) is 32.6. The summed E-state index contributed by atoms with van der Waals surface area (Å²) in [6, 6.07) is 57.3. The topological polar surface area (TPSA) is 65.0 Å². The fraction of sp³-hybridized carbons (Fsp3) is 0.0377. The van der Waals surface area contributed by atoms with Gasteiger partial charge in [-0.2, -0.15) is 0 Å². The number of rotatable bonds is 5. The number of nitrogens with zero attached hydrogens (tertiary/aromatic N) is 3. The van der Waals surface area contributed by atoms with Crippen molar-refractivity contribution in [2.45, 2.75) is 12.8 Å². The Kier molecular flexibility index (Phi) is 7.29. The third kappa shape index (κ3) is 5.35. The molecule has 3 aromatic heterocycles. The highest BCUT2D eigenvalue weighted by molar-refractivity contribution is 6.12. The van der Waals surface area contributed by atoms with Crippen LogP contribution in [0.15, 0.2) is 179 Å². The minimum Gasteiger partial charge on any atom is -0.460 e. The van der Waals surface area contributed by atoms with Crippen LogP contribution in [0.3, 0.4) is 0 Å². The van der Waals surface area contributed by atoms with E-state index in [-0.39, 0.29) is 0 Å². The summed E-state index contributed by atoms with van der Waals surface area (Å²) in [6.45, 7) is 0. The quantitative estimate of drug-likeness (QED) is 0.176. The van der Waals surface area contributed by atoms with Crippen LogP contribution in [-0.2, 0) is 6.42 Å². The van der Waals surface area contributed by atoms with Gasteiger partial charge in [-0.15, -0.1) is 0 Å². The van der Waals surface area contributed by atoms with Gasteiger partial charge in [-0.25, -0.2) is 15.0 Å². The molecule has 3 heterocycles. The van der Waals surface area contributed by atoms with Crippen molar-refractivity contribution in [2.24, 2.45) is 0 Å². The molecule has 11 aromatic rings. The predicted molar refractivity (Wildman–Crippen MR) is 236 cm³/mol. The third-order valence-corrected chi connectivity index (χ3v) is 11.6. The van der Waals surface area contributed by atoms with Crippen LogP contribution in [0, 0.1) is 0 Å². The number of aromatic nitrogens is 3. The van der Waals surface area contributed by atoms with Gasteiger partial charge in [0.05, 0.1) is 0 Å².